The largest absolute Gasteiger partial charge is 0.328 e. The van der Waals surface area contributed by atoms with E-state index in [-0.39, 0.29) is 16.5 Å². The molecule has 0 heterocycles. The standard InChI is InChI=1S/C11H21NO2S/c12-9-5-7-11(8-6-9)15(13,14)10-3-1-2-4-10/h9-11H,1-8,12H2. The molecule has 15 heavy (non-hydrogen) atoms. The Labute approximate surface area is 92.3 Å². The van der Waals surface area contributed by atoms with Gasteiger partial charge in [-0.05, 0) is 38.5 Å². The molecule has 3 nitrogen and oxygen atoms in total. The lowest BCUT2D eigenvalue weighted by Gasteiger charge is -2.28. The Balaban J connectivity index is 2.02. The Bertz CT molecular complexity index is 299. The Morgan fingerprint density at radius 1 is 0.800 bits per heavy atom. The van der Waals surface area contributed by atoms with E-state index < -0.39 is 9.84 Å². The number of hydrogen-bond acceptors (Lipinski definition) is 3. The second-order valence-electron chi connectivity index (χ2n) is 5.03. The highest BCUT2D eigenvalue weighted by molar-refractivity contribution is 7.92. The minimum absolute atomic E-state index is 0.0307. The van der Waals surface area contributed by atoms with Crippen LogP contribution >= 0.6 is 0 Å². The van der Waals surface area contributed by atoms with Crippen molar-refractivity contribution >= 4 is 9.84 Å². The van der Waals surface area contributed by atoms with Crippen LogP contribution in [0.5, 0.6) is 0 Å². The Kier molecular flexibility index (Phi) is 3.36. The maximum absolute atomic E-state index is 12.3. The lowest BCUT2D eigenvalue weighted by molar-refractivity contribution is 0.430. The summed E-state index contributed by atoms with van der Waals surface area (Å²) in [5.41, 5.74) is 5.80. The van der Waals surface area contributed by atoms with Crippen LogP contribution in [0, 0.1) is 0 Å². The summed E-state index contributed by atoms with van der Waals surface area (Å²) >= 11 is 0. The zero-order valence-electron chi connectivity index (χ0n) is 9.19. The van der Waals surface area contributed by atoms with Crippen molar-refractivity contribution in [2.75, 3.05) is 0 Å². The molecule has 0 atom stereocenters. The van der Waals surface area contributed by atoms with Crippen LogP contribution in [0.1, 0.15) is 51.4 Å². The second-order valence-corrected chi connectivity index (χ2v) is 7.54. The van der Waals surface area contributed by atoms with Gasteiger partial charge in [0.25, 0.3) is 0 Å². The van der Waals surface area contributed by atoms with Gasteiger partial charge in [-0.25, -0.2) is 8.42 Å². The SMILES string of the molecule is NC1CCC(S(=O)(=O)C2CCCC2)CC1. The molecule has 88 valence electrons. The predicted molar refractivity (Wildman–Crippen MR) is 61.4 cm³/mol. The molecule has 4 heteroatoms. The molecule has 2 rings (SSSR count). The first-order valence-electron chi connectivity index (χ1n) is 6.09. The monoisotopic (exact) mass is 231 g/mol. The Morgan fingerprint density at radius 3 is 1.80 bits per heavy atom. The molecule has 0 spiro atoms. The topological polar surface area (TPSA) is 60.2 Å². The van der Waals surface area contributed by atoms with E-state index >= 15 is 0 Å². The molecule has 2 aliphatic carbocycles. The zero-order chi connectivity index (χ0) is 10.9. The minimum atomic E-state index is -2.84. The molecule has 2 saturated carbocycles. The van der Waals surface area contributed by atoms with Crippen molar-refractivity contribution in [1.82, 2.24) is 0 Å². The summed E-state index contributed by atoms with van der Waals surface area (Å²) in [5, 5.41) is -0.114. The van der Waals surface area contributed by atoms with E-state index in [1.165, 1.54) is 0 Å². The van der Waals surface area contributed by atoms with Crippen molar-refractivity contribution in [2.45, 2.75) is 67.9 Å². The fourth-order valence-electron chi connectivity index (χ4n) is 2.91. The lowest BCUT2D eigenvalue weighted by atomic mass is 9.96. The van der Waals surface area contributed by atoms with Gasteiger partial charge in [0, 0.05) is 6.04 Å². The van der Waals surface area contributed by atoms with Crippen LogP contribution in [-0.4, -0.2) is 25.0 Å². The molecule has 0 saturated heterocycles. The quantitative estimate of drug-likeness (QED) is 0.785. The highest BCUT2D eigenvalue weighted by Crippen LogP contribution is 2.32. The first-order valence-corrected chi connectivity index (χ1v) is 7.70. The van der Waals surface area contributed by atoms with Gasteiger partial charge in [0.1, 0.15) is 0 Å². The van der Waals surface area contributed by atoms with E-state index in [2.05, 4.69) is 0 Å². The Hall–Kier alpha value is -0.0900. The average molecular weight is 231 g/mol. The van der Waals surface area contributed by atoms with Crippen molar-refractivity contribution in [2.24, 2.45) is 5.73 Å². The summed E-state index contributed by atoms with van der Waals surface area (Å²) in [5.74, 6) is 0. The summed E-state index contributed by atoms with van der Waals surface area (Å²) in [7, 11) is -2.84. The van der Waals surface area contributed by atoms with Crippen molar-refractivity contribution in [3.05, 3.63) is 0 Å². The van der Waals surface area contributed by atoms with Crippen LogP contribution in [0.4, 0.5) is 0 Å². The maximum Gasteiger partial charge on any atom is 0.156 e. The molecule has 0 unspecified atom stereocenters. The molecule has 2 fully saturated rings. The van der Waals surface area contributed by atoms with Crippen molar-refractivity contribution in [3.8, 4) is 0 Å². The van der Waals surface area contributed by atoms with E-state index in [9.17, 15) is 8.42 Å². The van der Waals surface area contributed by atoms with Gasteiger partial charge < -0.3 is 5.73 Å². The normalized spacial score (nSPS) is 34.5. The summed E-state index contributed by atoms with van der Waals surface area (Å²) in [6.07, 6.45) is 7.33. The second kappa shape index (κ2) is 4.42. The molecular formula is C11H21NO2S. The van der Waals surface area contributed by atoms with Gasteiger partial charge in [-0.2, -0.15) is 0 Å². The smallest absolute Gasteiger partial charge is 0.156 e. The molecule has 0 aromatic heterocycles. The predicted octanol–water partition coefficient (Wildman–Crippen LogP) is 1.61. The van der Waals surface area contributed by atoms with Gasteiger partial charge in [-0.15, -0.1) is 0 Å². The van der Waals surface area contributed by atoms with E-state index in [0.29, 0.717) is 0 Å². The van der Waals surface area contributed by atoms with Crippen LogP contribution < -0.4 is 5.73 Å². The molecule has 0 bridgehead atoms. The molecule has 2 N–H and O–H groups in total. The van der Waals surface area contributed by atoms with E-state index in [1.54, 1.807) is 0 Å². The van der Waals surface area contributed by atoms with Gasteiger partial charge in [0.15, 0.2) is 9.84 Å². The first-order chi connectivity index (χ1) is 7.10. The number of sulfone groups is 1. The molecular weight excluding hydrogens is 210 g/mol. The zero-order valence-corrected chi connectivity index (χ0v) is 10.0. The van der Waals surface area contributed by atoms with E-state index in [4.69, 9.17) is 5.73 Å². The van der Waals surface area contributed by atoms with Gasteiger partial charge in [-0.3, -0.25) is 0 Å². The van der Waals surface area contributed by atoms with Crippen LogP contribution in [-0.2, 0) is 9.84 Å². The summed E-state index contributed by atoms with van der Waals surface area (Å²) < 4.78 is 24.5. The molecule has 0 amide bonds. The lowest BCUT2D eigenvalue weighted by Crippen LogP contribution is -2.37. The Morgan fingerprint density at radius 2 is 1.27 bits per heavy atom. The van der Waals surface area contributed by atoms with Crippen molar-refractivity contribution < 1.29 is 8.42 Å². The van der Waals surface area contributed by atoms with Crippen LogP contribution in [0.15, 0.2) is 0 Å². The fourth-order valence-corrected chi connectivity index (χ4v) is 5.37. The highest BCUT2D eigenvalue weighted by atomic mass is 32.2. The van der Waals surface area contributed by atoms with Gasteiger partial charge >= 0.3 is 0 Å². The van der Waals surface area contributed by atoms with Crippen LogP contribution in [0.2, 0.25) is 0 Å². The molecule has 0 radical (unpaired) electrons. The molecule has 2 aliphatic rings. The minimum Gasteiger partial charge on any atom is -0.328 e. The number of hydrogen-bond donors (Lipinski definition) is 1. The summed E-state index contributed by atoms with van der Waals surface area (Å²) in [6.45, 7) is 0. The van der Waals surface area contributed by atoms with Crippen LogP contribution in [0.3, 0.4) is 0 Å². The van der Waals surface area contributed by atoms with Crippen molar-refractivity contribution in [1.29, 1.82) is 0 Å². The fraction of sp³-hybridized carbons (Fsp3) is 1.00. The molecule has 0 aliphatic heterocycles. The average Bonchev–Trinajstić information content (AvgIpc) is 2.71. The number of nitrogens with two attached hydrogens (primary N) is 1. The summed E-state index contributed by atoms with van der Waals surface area (Å²) in [6, 6.07) is 0.236. The first kappa shape index (κ1) is 11.4. The van der Waals surface area contributed by atoms with Crippen molar-refractivity contribution in [3.63, 3.8) is 0 Å². The van der Waals surface area contributed by atoms with E-state index in [0.717, 1.165) is 51.4 Å². The van der Waals surface area contributed by atoms with E-state index in [1.807, 2.05) is 0 Å². The van der Waals surface area contributed by atoms with Gasteiger partial charge in [-0.1, -0.05) is 12.8 Å². The summed E-state index contributed by atoms with van der Waals surface area (Å²) in [4.78, 5) is 0. The molecule has 0 aromatic rings. The number of rotatable bonds is 2. The maximum atomic E-state index is 12.3. The van der Waals surface area contributed by atoms with Gasteiger partial charge in [0.2, 0.25) is 0 Å². The third-order valence-corrected chi connectivity index (χ3v) is 6.75. The van der Waals surface area contributed by atoms with Gasteiger partial charge in [0.05, 0.1) is 10.5 Å². The third-order valence-electron chi connectivity index (χ3n) is 3.95. The highest BCUT2D eigenvalue weighted by Gasteiger charge is 2.37. The third kappa shape index (κ3) is 2.36. The molecule has 0 aromatic carbocycles. The van der Waals surface area contributed by atoms with Crippen LogP contribution in [0.25, 0.3) is 0 Å².